The van der Waals surface area contributed by atoms with Crippen molar-refractivity contribution in [3.05, 3.63) is 35.0 Å². The van der Waals surface area contributed by atoms with Crippen molar-refractivity contribution in [3.8, 4) is 5.75 Å². The van der Waals surface area contributed by atoms with E-state index >= 15 is 0 Å². The summed E-state index contributed by atoms with van der Waals surface area (Å²) in [7, 11) is 1.61. The molecule has 3 rings (SSSR count). The molecule has 0 saturated carbocycles. The molecule has 0 amide bonds. The maximum atomic E-state index is 6.19. The van der Waals surface area contributed by atoms with Crippen molar-refractivity contribution in [3.63, 3.8) is 0 Å². The smallest absolute Gasteiger partial charge is 0.187 e. The van der Waals surface area contributed by atoms with Crippen molar-refractivity contribution in [1.29, 1.82) is 0 Å². The number of fused-ring (bicyclic) bond motifs is 1. The number of ether oxygens (including phenoxy) is 3. The number of hydrogen-bond acceptors (Lipinski definition) is 4. The van der Waals surface area contributed by atoms with Crippen LogP contribution in [-0.4, -0.2) is 25.3 Å². The molecular formula is C13H12ClNO3. The molecule has 1 saturated heterocycles. The first kappa shape index (κ1) is 11.7. The van der Waals surface area contributed by atoms with Crippen LogP contribution in [0.15, 0.2) is 24.3 Å². The molecule has 1 aromatic heterocycles. The Morgan fingerprint density at radius 2 is 2.11 bits per heavy atom. The highest BCUT2D eigenvalue weighted by molar-refractivity contribution is 6.30. The minimum Gasteiger partial charge on any atom is -0.494 e. The first-order valence-electron chi connectivity index (χ1n) is 5.66. The zero-order valence-electron chi connectivity index (χ0n) is 9.85. The molecule has 0 unspecified atom stereocenters. The molecular weight excluding hydrogens is 254 g/mol. The average Bonchev–Trinajstić information content (AvgIpc) is 2.91. The lowest BCUT2D eigenvalue weighted by Crippen LogP contribution is -2.01. The van der Waals surface area contributed by atoms with E-state index in [1.165, 1.54) is 0 Å². The number of methoxy groups -OCH3 is 1. The number of nitrogens with zero attached hydrogens (tertiary/aromatic N) is 1. The van der Waals surface area contributed by atoms with Gasteiger partial charge in [-0.3, -0.25) is 0 Å². The molecule has 0 spiro atoms. The van der Waals surface area contributed by atoms with E-state index in [2.05, 4.69) is 4.98 Å². The van der Waals surface area contributed by atoms with E-state index in [1.807, 2.05) is 24.3 Å². The van der Waals surface area contributed by atoms with Crippen molar-refractivity contribution in [1.82, 2.24) is 4.98 Å². The first-order valence-corrected chi connectivity index (χ1v) is 6.04. The fraction of sp³-hybridized carbons (Fsp3) is 0.308. The van der Waals surface area contributed by atoms with Crippen molar-refractivity contribution >= 4 is 22.5 Å². The standard InChI is InChI=1S/C13H12ClNO3/c1-16-10-4-2-3-8-7-9(12(14)15-11(8)10)13-17-5-6-18-13/h2-4,7,13H,5-6H2,1H3. The topological polar surface area (TPSA) is 40.6 Å². The molecule has 5 heteroatoms. The zero-order chi connectivity index (χ0) is 12.5. The summed E-state index contributed by atoms with van der Waals surface area (Å²) in [5.74, 6) is 0.703. The van der Waals surface area contributed by atoms with E-state index in [4.69, 9.17) is 25.8 Å². The third kappa shape index (κ3) is 1.92. The van der Waals surface area contributed by atoms with Crippen LogP contribution in [0, 0.1) is 0 Å². The maximum Gasteiger partial charge on any atom is 0.187 e. The van der Waals surface area contributed by atoms with E-state index in [0.717, 1.165) is 16.5 Å². The van der Waals surface area contributed by atoms with Gasteiger partial charge < -0.3 is 14.2 Å². The van der Waals surface area contributed by atoms with Crippen LogP contribution >= 0.6 is 11.6 Å². The Morgan fingerprint density at radius 3 is 2.83 bits per heavy atom. The summed E-state index contributed by atoms with van der Waals surface area (Å²) in [5.41, 5.74) is 1.50. The Hall–Kier alpha value is -1.36. The summed E-state index contributed by atoms with van der Waals surface area (Å²) < 4.78 is 16.2. The summed E-state index contributed by atoms with van der Waals surface area (Å²) >= 11 is 6.19. The minimum atomic E-state index is -0.416. The number of aromatic nitrogens is 1. The average molecular weight is 266 g/mol. The number of benzene rings is 1. The predicted molar refractivity (Wildman–Crippen MR) is 68.0 cm³/mol. The Morgan fingerprint density at radius 1 is 1.33 bits per heavy atom. The second kappa shape index (κ2) is 4.72. The number of para-hydroxylation sites is 1. The molecule has 0 N–H and O–H groups in total. The molecule has 4 nitrogen and oxygen atoms in total. The van der Waals surface area contributed by atoms with Gasteiger partial charge in [0.1, 0.15) is 16.4 Å². The molecule has 94 valence electrons. The molecule has 1 aromatic carbocycles. The quantitative estimate of drug-likeness (QED) is 0.783. The van der Waals surface area contributed by atoms with Gasteiger partial charge in [0.25, 0.3) is 0 Å². The SMILES string of the molecule is COc1cccc2cc(C3OCCO3)c(Cl)nc12. The molecule has 1 aliphatic rings. The van der Waals surface area contributed by atoms with Gasteiger partial charge in [-0.2, -0.15) is 0 Å². The predicted octanol–water partition coefficient (Wildman–Crippen LogP) is 2.94. The fourth-order valence-electron chi connectivity index (χ4n) is 2.03. The van der Waals surface area contributed by atoms with Crippen molar-refractivity contribution in [2.75, 3.05) is 20.3 Å². The highest BCUT2D eigenvalue weighted by atomic mass is 35.5. The molecule has 2 aromatic rings. The van der Waals surface area contributed by atoms with Gasteiger partial charge in [-0.05, 0) is 12.1 Å². The number of halogens is 1. The second-order valence-electron chi connectivity index (χ2n) is 3.97. The molecule has 18 heavy (non-hydrogen) atoms. The van der Waals surface area contributed by atoms with Crippen LogP contribution in [0.5, 0.6) is 5.75 Å². The van der Waals surface area contributed by atoms with E-state index in [-0.39, 0.29) is 0 Å². The van der Waals surface area contributed by atoms with Crippen molar-refractivity contribution in [2.45, 2.75) is 6.29 Å². The van der Waals surface area contributed by atoms with Gasteiger partial charge in [0, 0.05) is 10.9 Å². The fourth-order valence-corrected chi connectivity index (χ4v) is 2.26. The largest absolute Gasteiger partial charge is 0.494 e. The summed E-state index contributed by atoms with van der Waals surface area (Å²) in [6.45, 7) is 1.16. The van der Waals surface area contributed by atoms with E-state index in [1.54, 1.807) is 7.11 Å². The summed E-state index contributed by atoms with van der Waals surface area (Å²) in [5, 5.41) is 1.34. The number of hydrogen-bond donors (Lipinski definition) is 0. The molecule has 1 aliphatic heterocycles. The van der Waals surface area contributed by atoms with Crippen LogP contribution < -0.4 is 4.74 Å². The summed E-state index contributed by atoms with van der Waals surface area (Å²) in [6.07, 6.45) is -0.416. The van der Waals surface area contributed by atoms with Crippen LogP contribution in [0.25, 0.3) is 10.9 Å². The number of pyridine rings is 1. The van der Waals surface area contributed by atoms with Gasteiger partial charge in [0.05, 0.1) is 20.3 Å². The Bertz CT molecular complexity index is 582. The molecule has 0 aliphatic carbocycles. The van der Waals surface area contributed by atoms with Crippen molar-refractivity contribution < 1.29 is 14.2 Å². The normalized spacial score (nSPS) is 16.3. The molecule has 2 heterocycles. The van der Waals surface area contributed by atoms with Gasteiger partial charge in [-0.25, -0.2) is 4.98 Å². The van der Waals surface area contributed by atoms with E-state index in [9.17, 15) is 0 Å². The van der Waals surface area contributed by atoms with Gasteiger partial charge in [-0.1, -0.05) is 23.7 Å². The summed E-state index contributed by atoms with van der Waals surface area (Å²) in [4.78, 5) is 4.37. The molecule has 0 radical (unpaired) electrons. The van der Waals surface area contributed by atoms with Crippen LogP contribution in [0.3, 0.4) is 0 Å². The zero-order valence-corrected chi connectivity index (χ0v) is 10.6. The van der Waals surface area contributed by atoms with E-state index in [0.29, 0.717) is 24.1 Å². The monoisotopic (exact) mass is 265 g/mol. The molecule has 1 fully saturated rings. The molecule has 0 atom stereocenters. The third-order valence-corrected chi connectivity index (χ3v) is 3.19. The Labute approximate surface area is 109 Å². The highest BCUT2D eigenvalue weighted by Gasteiger charge is 2.22. The lowest BCUT2D eigenvalue weighted by atomic mass is 10.1. The molecule has 0 bridgehead atoms. The van der Waals surface area contributed by atoms with Crippen molar-refractivity contribution in [2.24, 2.45) is 0 Å². The van der Waals surface area contributed by atoms with Crippen LogP contribution in [-0.2, 0) is 9.47 Å². The Kier molecular flexibility index (Phi) is 3.07. The number of rotatable bonds is 2. The third-order valence-electron chi connectivity index (χ3n) is 2.89. The van der Waals surface area contributed by atoms with Gasteiger partial charge in [0.15, 0.2) is 6.29 Å². The highest BCUT2D eigenvalue weighted by Crippen LogP contribution is 2.33. The van der Waals surface area contributed by atoms with Gasteiger partial charge in [-0.15, -0.1) is 0 Å². The second-order valence-corrected chi connectivity index (χ2v) is 4.33. The van der Waals surface area contributed by atoms with Crippen LogP contribution in [0.4, 0.5) is 0 Å². The Balaban J connectivity index is 2.15. The first-order chi connectivity index (χ1) is 8.79. The van der Waals surface area contributed by atoms with Crippen LogP contribution in [0.1, 0.15) is 11.9 Å². The summed E-state index contributed by atoms with van der Waals surface area (Å²) in [6, 6.07) is 7.66. The minimum absolute atomic E-state index is 0.388. The lowest BCUT2D eigenvalue weighted by Gasteiger charge is -2.12. The lowest BCUT2D eigenvalue weighted by molar-refractivity contribution is -0.0441. The van der Waals surface area contributed by atoms with E-state index < -0.39 is 6.29 Å². The van der Waals surface area contributed by atoms with Gasteiger partial charge in [0.2, 0.25) is 0 Å². The maximum absolute atomic E-state index is 6.19. The van der Waals surface area contributed by atoms with Crippen LogP contribution in [0.2, 0.25) is 5.15 Å². The van der Waals surface area contributed by atoms with Gasteiger partial charge >= 0.3 is 0 Å².